The van der Waals surface area contributed by atoms with Gasteiger partial charge in [-0.15, -0.1) is 0 Å². The second-order valence-electron chi connectivity index (χ2n) is 4.35. The molecule has 0 spiro atoms. The van der Waals surface area contributed by atoms with Crippen LogP contribution in [0.2, 0.25) is 0 Å². The molecule has 7 heteroatoms. The van der Waals surface area contributed by atoms with Gasteiger partial charge in [-0.05, 0) is 23.8 Å². The van der Waals surface area contributed by atoms with E-state index in [4.69, 9.17) is 9.52 Å². The van der Waals surface area contributed by atoms with Crippen LogP contribution in [0.15, 0.2) is 50.8 Å². The first kappa shape index (κ1) is 13.3. The lowest BCUT2D eigenvalue weighted by Crippen LogP contribution is -2.00. The number of benzene rings is 1. The van der Waals surface area contributed by atoms with Crippen molar-refractivity contribution >= 4 is 27.6 Å². The number of hydrogen-bond donors (Lipinski definition) is 1. The van der Waals surface area contributed by atoms with Crippen LogP contribution < -0.4 is 0 Å². The molecule has 5 nitrogen and oxygen atoms in total. The van der Waals surface area contributed by atoms with Gasteiger partial charge in [0.25, 0.3) is 0 Å². The van der Waals surface area contributed by atoms with Crippen molar-refractivity contribution in [2.45, 2.75) is 15.2 Å². The summed E-state index contributed by atoms with van der Waals surface area (Å²) in [5.41, 5.74) is 0.741. The van der Waals surface area contributed by atoms with Crippen LogP contribution in [0.1, 0.15) is 21.4 Å². The number of carboxylic acid groups (broad SMARTS) is 1. The molecule has 0 radical (unpaired) electrons. The molecule has 2 heterocycles. The Balaban J connectivity index is 1.91. The summed E-state index contributed by atoms with van der Waals surface area (Å²) in [6.45, 7) is 0. The van der Waals surface area contributed by atoms with Gasteiger partial charge in [0.15, 0.2) is 14.9 Å². The summed E-state index contributed by atoms with van der Waals surface area (Å²) < 4.78 is 29.2. The molecule has 0 bridgehead atoms. The van der Waals surface area contributed by atoms with Crippen molar-refractivity contribution in [1.29, 1.82) is 0 Å². The quantitative estimate of drug-likeness (QED) is 0.938. The molecule has 0 fully saturated rings. The number of hydrogen-bond acceptors (Lipinski definition) is 5. The largest absolute Gasteiger partial charge is 0.475 e. The maximum absolute atomic E-state index is 12.0. The standard InChI is InChI=1S/C13H10O5S2/c14-13(15)9-5-6-12(18-9)19-10-7-20(16,17)11-4-2-1-3-8(10)11/h1-6,10H,7H2,(H,14,15). The minimum absolute atomic E-state index is 0.000117. The van der Waals surface area contributed by atoms with Gasteiger partial charge in [-0.3, -0.25) is 0 Å². The van der Waals surface area contributed by atoms with Gasteiger partial charge >= 0.3 is 5.97 Å². The zero-order valence-electron chi connectivity index (χ0n) is 10.1. The Bertz CT molecular complexity index is 776. The summed E-state index contributed by atoms with van der Waals surface area (Å²) >= 11 is 1.23. The molecule has 2 aromatic rings. The second-order valence-corrected chi connectivity index (χ2v) is 7.56. The van der Waals surface area contributed by atoms with E-state index < -0.39 is 15.8 Å². The lowest BCUT2D eigenvalue weighted by molar-refractivity contribution is 0.0656. The van der Waals surface area contributed by atoms with Crippen LogP contribution in [0, 0.1) is 0 Å². The Labute approximate surface area is 119 Å². The highest BCUT2D eigenvalue weighted by Gasteiger charge is 2.35. The van der Waals surface area contributed by atoms with E-state index in [1.807, 2.05) is 0 Å². The minimum Gasteiger partial charge on any atom is -0.475 e. The number of carbonyl (C=O) groups is 1. The maximum Gasteiger partial charge on any atom is 0.371 e. The first-order valence-electron chi connectivity index (χ1n) is 5.79. The number of fused-ring (bicyclic) bond motifs is 1. The number of thioether (sulfide) groups is 1. The van der Waals surface area contributed by atoms with Crippen LogP contribution in [0.5, 0.6) is 0 Å². The monoisotopic (exact) mass is 310 g/mol. The average molecular weight is 310 g/mol. The predicted molar refractivity (Wildman–Crippen MR) is 72.8 cm³/mol. The molecule has 1 aromatic heterocycles. The van der Waals surface area contributed by atoms with E-state index >= 15 is 0 Å². The molecule has 1 atom stereocenters. The normalized spacial score (nSPS) is 19.7. The molecule has 1 aliphatic rings. The Morgan fingerprint density at radius 3 is 2.70 bits per heavy atom. The van der Waals surface area contributed by atoms with Crippen LogP contribution in [-0.4, -0.2) is 25.2 Å². The SMILES string of the molecule is O=C(O)c1ccc(SC2CS(=O)(=O)c3ccccc32)o1. The summed E-state index contributed by atoms with van der Waals surface area (Å²) in [4.78, 5) is 11.1. The number of carboxylic acids is 1. The van der Waals surface area contributed by atoms with E-state index in [-0.39, 0.29) is 16.8 Å². The summed E-state index contributed by atoms with van der Waals surface area (Å²) in [5, 5.41) is 8.93. The first-order valence-corrected chi connectivity index (χ1v) is 8.32. The van der Waals surface area contributed by atoms with E-state index in [0.717, 1.165) is 5.56 Å². The third-order valence-electron chi connectivity index (χ3n) is 3.02. The van der Waals surface area contributed by atoms with E-state index in [1.54, 1.807) is 30.3 Å². The fourth-order valence-electron chi connectivity index (χ4n) is 2.14. The number of sulfone groups is 1. The van der Waals surface area contributed by atoms with E-state index in [1.165, 1.54) is 17.8 Å². The topological polar surface area (TPSA) is 84.6 Å². The molecule has 1 aromatic carbocycles. The van der Waals surface area contributed by atoms with Gasteiger partial charge in [0.2, 0.25) is 5.76 Å². The van der Waals surface area contributed by atoms with Crippen LogP contribution in [-0.2, 0) is 9.84 Å². The zero-order chi connectivity index (χ0) is 14.3. The van der Waals surface area contributed by atoms with Gasteiger partial charge in [-0.25, -0.2) is 13.2 Å². The number of furan rings is 1. The van der Waals surface area contributed by atoms with E-state index in [0.29, 0.717) is 9.99 Å². The molecule has 1 N–H and O–H groups in total. The highest BCUT2D eigenvalue weighted by atomic mass is 32.2. The molecule has 3 rings (SSSR count). The summed E-state index contributed by atoms with van der Waals surface area (Å²) in [6.07, 6.45) is 0. The molecule has 104 valence electrons. The van der Waals surface area contributed by atoms with Crippen molar-refractivity contribution in [3.8, 4) is 0 Å². The summed E-state index contributed by atoms with van der Waals surface area (Å²) in [5.74, 6) is -1.29. The smallest absolute Gasteiger partial charge is 0.371 e. The Hall–Kier alpha value is -1.73. The van der Waals surface area contributed by atoms with Gasteiger partial charge in [0, 0.05) is 0 Å². The zero-order valence-corrected chi connectivity index (χ0v) is 11.8. The van der Waals surface area contributed by atoms with Crippen molar-refractivity contribution in [3.05, 3.63) is 47.7 Å². The van der Waals surface area contributed by atoms with Crippen molar-refractivity contribution in [1.82, 2.24) is 0 Å². The lowest BCUT2D eigenvalue weighted by Gasteiger charge is -2.06. The third kappa shape index (κ3) is 2.23. The molecule has 1 unspecified atom stereocenters. The van der Waals surface area contributed by atoms with Gasteiger partial charge in [-0.1, -0.05) is 30.0 Å². The Kier molecular flexibility index (Phi) is 3.10. The van der Waals surface area contributed by atoms with Gasteiger partial charge in [0.05, 0.1) is 15.9 Å². The van der Waals surface area contributed by atoms with Crippen LogP contribution in [0.25, 0.3) is 0 Å². The maximum atomic E-state index is 12.0. The Morgan fingerprint density at radius 2 is 2.00 bits per heavy atom. The predicted octanol–water partition coefficient (Wildman–Crippen LogP) is 2.60. The van der Waals surface area contributed by atoms with Crippen LogP contribution in [0.3, 0.4) is 0 Å². The molecule has 0 amide bonds. The molecular weight excluding hydrogens is 300 g/mol. The first-order chi connectivity index (χ1) is 9.47. The van der Waals surface area contributed by atoms with Gasteiger partial charge < -0.3 is 9.52 Å². The van der Waals surface area contributed by atoms with E-state index in [9.17, 15) is 13.2 Å². The summed E-state index contributed by atoms with van der Waals surface area (Å²) in [7, 11) is -3.26. The molecule has 0 aliphatic carbocycles. The third-order valence-corrected chi connectivity index (χ3v) is 6.20. The van der Waals surface area contributed by atoms with Crippen LogP contribution >= 0.6 is 11.8 Å². The summed E-state index contributed by atoms with van der Waals surface area (Å²) in [6, 6.07) is 9.76. The fraction of sp³-hybridized carbons (Fsp3) is 0.154. The lowest BCUT2D eigenvalue weighted by atomic mass is 10.2. The molecule has 0 saturated heterocycles. The molecule has 1 aliphatic heterocycles. The Morgan fingerprint density at radius 1 is 1.25 bits per heavy atom. The molecule has 0 saturated carbocycles. The highest BCUT2D eigenvalue weighted by molar-refractivity contribution is 8.01. The van der Waals surface area contributed by atoms with Gasteiger partial charge in [0.1, 0.15) is 0 Å². The van der Waals surface area contributed by atoms with Crippen molar-refractivity contribution in [2.75, 3.05) is 5.75 Å². The van der Waals surface area contributed by atoms with Gasteiger partial charge in [-0.2, -0.15) is 0 Å². The van der Waals surface area contributed by atoms with Crippen LogP contribution in [0.4, 0.5) is 0 Å². The molecular formula is C13H10O5S2. The second kappa shape index (κ2) is 4.68. The minimum atomic E-state index is -3.26. The van der Waals surface area contributed by atoms with Crippen molar-refractivity contribution in [3.63, 3.8) is 0 Å². The van der Waals surface area contributed by atoms with Crippen molar-refractivity contribution < 1.29 is 22.7 Å². The molecule has 20 heavy (non-hydrogen) atoms. The number of aromatic carboxylic acids is 1. The van der Waals surface area contributed by atoms with Crippen molar-refractivity contribution in [2.24, 2.45) is 0 Å². The highest BCUT2D eigenvalue weighted by Crippen LogP contribution is 2.45. The number of rotatable bonds is 3. The van der Waals surface area contributed by atoms with E-state index in [2.05, 4.69) is 0 Å². The fourth-order valence-corrected chi connectivity index (χ4v) is 5.54. The average Bonchev–Trinajstić information content (AvgIpc) is 2.95.